The van der Waals surface area contributed by atoms with Crippen LogP contribution < -0.4 is 4.74 Å². The second kappa shape index (κ2) is 4.44. The topological polar surface area (TPSA) is 39.9 Å². The van der Waals surface area contributed by atoms with E-state index in [9.17, 15) is 0 Å². The zero-order chi connectivity index (χ0) is 10.7. The predicted molar refractivity (Wildman–Crippen MR) is 59.8 cm³/mol. The molecule has 1 aromatic heterocycles. The number of aromatic nitrogens is 3. The van der Waals surface area contributed by atoms with E-state index in [1.165, 1.54) is 0 Å². The Balaban J connectivity index is 2.30. The Bertz CT molecular complexity index is 442. The van der Waals surface area contributed by atoms with E-state index in [1.54, 1.807) is 18.0 Å². The van der Waals surface area contributed by atoms with Crippen LogP contribution in [0.3, 0.4) is 0 Å². The molecule has 0 N–H and O–H groups in total. The fourth-order valence-corrected chi connectivity index (χ4v) is 1.77. The van der Waals surface area contributed by atoms with Crippen molar-refractivity contribution in [3.63, 3.8) is 0 Å². The largest absolute Gasteiger partial charge is 0.496 e. The highest BCUT2D eigenvalue weighted by Crippen LogP contribution is 2.23. The molecule has 0 amide bonds. The molecule has 0 fully saturated rings. The third kappa shape index (κ3) is 2.36. The van der Waals surface area contributed by atoms with Crippen molar-refractivity contribution in [2.45, 2.75) is 6.54 Å². The number of methoxy groups -OCH3 is 1. The van der Waals surface area contributed by atoms with Crippen molar-refractivity contribution >= 4 is 15.9 Å². The van der Waals surface area contributed by atoms with Crippen LogP contribution in [-0.4, -0.2) is 22.1 Å². The van der Waals surface area contributed by atoms with Gasteiger partial charge in [-0.3, -0.25) is 0 Å². The molecule has 0 atom stereocenters. The molecule has 0 unspecified atom stereocenters. The third-order valence-corrected chi connectivity index (χ3v) is 2.54. The van der Waals surface area contributed by atoms with Crippen LogP contribution in [0.2, 0.25) is 0 Å². The highest BCUT2D eigenvalue weighted by molar-refractivity contribution is 9.10. The molecular formula is C10H10BrN3O. The number of halogens is 1. The molecule has 1 aromatic carbocycles. The smallest absolute Gasteiger partial charge is 0.124 e. The molecule has 4 nitrogen and oxygen atoms in total. The van der Waals surface area contributed by atoms with Crippen LogP contribution in [0.25, 0.3) is 0 Å². The van der Waals surface area contributed by atoms with E-state index in [1.807, 2.05) is 24.4 Å². The quantitative estimate of drug-likeness (QED) is 0.855. The van der Waals surface area contributed by atoms with Crippen molar-refractivity contribution in [2.75, 3.05) is 7.11 Å². The summed E-state index contributed by atoms with van der Waals surface area (Å²) in [5.74, 6) is 0.855. The fraction of sp³-hybridized carbons (Fsp3) is 0.200. The molecule has 1 heterocycles. The summed E-state index contributed by atoms with van der Waals surface area (Å²) in [6.07, 6.45) is 3.48. The van der Waals surface area contributed by atoms with Crippen LogP contribution in [0.4, 0.5) is 0 Å². The predicted octanol–water partition coefficient (Wildman–Crippen LogP) is 2.10. The fourth-order valence-electron chi connectivity index (χ4n) is 1.36. The van der Waals surface area contributed by atoms with Gasteiger partial charge in [-0.1, -0.05) is 21.1 Å². The van der Waals surface area contributed by atoms with Gasteiger partial charge in [-0.25, -0.2) is 4.68 Å². The number of hydrogen-bond acceptors (Lipinski definition) is 3. The minimum atomic E-state index is 0.655. The molecule has 5 heteroatoms. The lowest BCUT2D eigenvalue weighted by Crippen LogP contribution is -2.02. The molecule has 0 spiro atoms. The Morgan fingerprint density at radius 3 is 3.00 bits per heavy atom. The van der Waals surface area contributed by atoms with Gasteiger partial charge in [0.25, 0.3) is 0 Å². The molecule has 2 aromatic rings. The van der Waals surface area contributed by atoms with E-state index >= 15 is 0 Å². The summed E-state index contributed by atoms with van der Waals surface area (Å²) in [5, 5.41) is 7.67. The molecular weight excluding hydrogens is 258 g/mol. The maximum atomic E-state index is 5.27. The maximum Gasteiger partial charge on any atom is 0.124 e. The first-order valence-electron chi connectivity index (χ1n) is 4.46. The minimum absolute atomic E-state index is 0.655. The van der Waals surface area contributed by atoms with Crippen LogP contribution in [0.5, 0.6) is 5.75 Å². The zero-order valence-corrected chi connectivity index (χ0v) is 9.81. The van der Waals surface area contributed by atoms with Crippen LogP contribution in [0.15, 0.2) is 35.1 Å². The van der Waals surface area contributed by atoms with Crippen molar-refractivity contribution in [2.24, 2.45) is 0 Å². The Morgan fingerprint density at radius 2 is 2.33 bits per heavy atom. The summed E-state index contributed by atoms with van der Waals surface area (Å²) in [4.78, 5) is 0. The zero-order valence-electron chi connectivity index (χ0n) is 8.22. The first kappa shape index (κ1) is 10.2. The number of ether oxygens (including phenoxy) is 1. The Labute approximate surface area is 96.0 Å². The van der Waals surface area contributed by atoms with Crippen molar-refractivity contribution in [3.8, 4) is 5.75 Å². The van der Waals surface area contributed by atoms with E-state index in [0.717, 1.165) is 15.8 Å². The number of hydrogen-bond donors (Lipinski definition) is 0. The lowest BCUT2D eigenvalue weighted by atomic mass is 10.2. The van der Waals surface area contributed by atoms with Crippen LogP contribution >= 0.6 is 15.9 Å². The van der Waals surface area contributed by atoms with Crippen molar-refractivity contribution < 1.29 is 4.74 Å². The second-order valence-corrected chi connectivity index (χ2v) is 3.97. The first-order valence-corrected chi connectivity index (χ1v) is 5.25. The average molecular weight is 268 g/mol. The normalized spacial score (nSPS) is 10.3. The Kier molecular flexibility index (Phi) is 3.01. The van der Waals surface area contributed by atoms with Crippen molar-refractivity contribution in [3.05, 3.63) is 40.6 Å². The number of benzene rings is 1. The molecule has 78 valence electrons. The average Bonchev–Trinajstić information content (AvgIpc) is 2.71. The van der Waals surface area contributed by atoms with Gasteiger partial charge in [0.05, 0.1) is 19.9 Å². The highest BCUT2D eigenvalue weighted by Gasteiger charge is 2.04. The SMILES string of the molecule is COc1ccc(Br)cc1Cn1ccnn1. The second-order valence-electron chi connectivity index (χ2n) is 3.06. The van der Waals surface area contributed by atoms with E-state index in [-0.39, 0.29) is 0 Å². The van der Waals surface area contributed by atoms with Crippen molar-refractivity contribution in [1.82, 2.24) is 15.0 Å². The Hall–Kier alpha value is -1.36. The molecule has 15 heavy (non-hydrogen) atoms. The summed E-state index contributed by atoms with van der Waals surface area (Å²) in [6, 6.07) is 5.89. The monoisotopic (exact) mass is 267 g/mol. The summed E-state index contributed by atoms with van der Waals surface area (Å²) in [6.45, 7) is 0.655. The van der Waals surface area contributed by atoms with Gasteiger partial charge >= 0.3 is 0 Å². The highest BCUT2D eigenvalue weighted by atomic mass is 79.9. The van der Waals surface area contributed by atoms with Crippen LogP contribution in [0.1, 0.15) is 5.56 Å². The van der Waals surface area contributed by atoms with Gasteiger partial charge in [0.1, 0.15) is 5.75 Å². The molecule has 0 radical (unpaired) electrons. The third-order valence-electron chi connectivity index (χ3n) is 2.05. The summed E-state index contributed by atoms with van der Waals surface area (Å²) >= 11 is 3.43. The van der Waals surface area contributed by atoms with Crippen LogP contribution in [-0.2, 0) is 6.54 Å². The van der Waals surface area contributed by atoms with Gasteiger partial charge in [-0.05, 0) is 18.2 Å². The molecule has 0 bridgehead atoms. The summed E-state index contributed by atoms with van der Waals surface area (Å²) < 4.78 is 8.05. The van der Waals surface area contributed by atoms with Gasteiger partial charge in [0.15, 0.2) is 0 Å². The minimum Gasteiger partial charge on any atom is -0.496 e. The standard InChI is InChI=1S/C10H10BrN3O/c1-15-10-3-2-9(11)6-8(10)7-14-5-4-12-13-14/h2-6H,7H2,1H3. The van der Waals surface area contributed by atoms with Gasteiger partial charge in [-0.15, -0.1) is 5.10 Å². The number of rotatable bonds is 3. The van der Waals surface area contributed by atoms with E-state index in [2.05, 4.69) is 26.2 Å². The molecule has 0 aliphatic carbocycles. The van der Waals surface area contributed by atoms with Gasteiger partial charge in [0, 0.05) is 16.2 Å². The van der Waals surface area contributed by atoms with Gasteiger partial charge < -0.3 is 4.74 Å². The van der Waals surface area contributed by atoms with Gasteiger partial charge in [0.2, 0.25) is 0 Å². The molecule has 0 saturated heterocycles. The molecule has 0 aliphatic rings. The maximum absolute atomic E-state index is 5.27. The summed E-state index contributed by atoms with van der Waals surface area (Å²) in [7, 11) is 1.66. The van der Waals surface area contributed by atoms with Crippen LogP contribution in [0, 0.1) is 0 Å². The number of nitrogens with zero attached hydrogens (tertiary/aromatic N) is 3. The Morgan fingerprint density at radius 1 is 1.47 bits per heavy atom. The van der Waals surface area contributed by atoms with E-state index in [4.69, 9.17) is 4.74 Å². The van der Waals surface area contributed by atoms with Gasteiger partial charge in [-0.2, -0.15) is 0 Å². The van der Waals surface area contributed by atoms with E-state index in [0.29, 0.717) is 6.54 Å². The molecule has 0 saturated carbocycles. The lowest BCUT2D eigenvalue weighted by Gasteiger charge is -2.08. The molecule has 0 aliphatic heterocycles. The molecule has 2 rings (SSSR count). The lowest BCUT2D eigenvalue weighted by molar-refractivity contribution is 0.407. The first-order chi connectivity index (χ1) is 7.29. The summed E-state index contributed by atoms with van der Waals surface area (Å²) in [5.41, 5.74) is 1.07. The van der Waals surface area contributed by atoms with E-state index < -0.39 is 0 Å². The van der Waals surface area contributed by atoms with Crippen molar-refractivity contribution in [1.29, 1.82) is 0 Å².